The van der Waals surface area contributed by atoms with E-state index in [1.807, 2.05) is 13.0 Å². The number of halogens is 1. The highest BCUT2D eigenvalue weighted by molar-refractivity contribution is 5.78. The predicted octanol–water partition coefficient (Wildman–Crippen LogP) is 3.03. The average molecular weight is 260 g/mol. The van der Waals surface area contributed by atoms with Crippen LogP contribution < -0.4 is 11.3 Å². The molecule has 1 unspecified atom stereocenters. The van der Waals surface area contributed by atoms with E-state index in [2.05, 4.69) is 5.43 Å². The van der Waals surface area contributed by atoms with Crippen LogP contribution in [0.1, 0.15) is 23.1 Å². The zero-order chi connectivity index (χ0) is 13.4. The van der Waals surface area contributed by atoms with Crippen molar-refractivity contribution in [3.8, 4) is 0 Å². The molecule has 3 aromatic rings. The molecule has 3 N–H and O–H groups in total. The van der Waals surface area contributed by atoms with Crippen molar-refractivity contribution in [2.24, 2.45) is 5.84 Å². The first-order chi connectivity index (χ1) is 9.19. The van der Waals surface area contributed by atoms with Crippen molar-refractivity contribution < 1.29 is 13.2 Å². The van der Waals surface area contributed by atoms with E-state index in [-0.39, 0.29) is 11.9 Å². The SMILES string of the molecule is Cc1occc1C(NN)c1cc2cc(F)ccc2o1. The zero-order valence-corrected chi connectivity index (χ0v) is 10.3. The summed E-state index contributed by atoms with van der Waals surface area (Å²) < 4.78 is 24.1. The Morgan fingerprint density at radius 3 is 2.79 bits per heavy atom. The second-order valence-electron chi connectivity index (χ2n) is 4.36. The van der Waals surface area contributed by atoms with Crippen molar-refractivity contribution in [2.75, 3.05) is 0 Å². The van der Waals surface area contributed by atoms with Crippen molar-refractivity contribution >= 4 is 11.0 Å². The maximum absolute atomic E-state index is 13.2. The predicted molar refractivity (Wildman–Crippen MR) is 68.8 cm³/mol. The molecule has 19 heavy (non-hydrogen) atoms. The van der Waals surface area contributed by atoms with E-state index in [4.69, 9.17) is 14.7 Å². The van der Waals surface area contributed by atoms with Crippen molar-refractivity contribution in [1.29, 1.82) is 0 Å². The summed E-state index contributed by atoms with van der Waals surface area (Å²) in [4.78, 5) is 0. The second-order valence-corrected chi connectivity index (χ2v) is 4.36. The molecule has 0 aliphatic carbocycles. The second kappa shape index (κ2) is 4.53. The number of hydrogen-bond acceptors (Lipinski definition) is 4. The van der Waals surface area contributed by atoms with Gasteiger partial charge in [-0.25, -0.2) is 9.82 Å². The van der Waals surface area contributed by atoms with Crippen LogP contribution in [0, 0.1) is 12.7 Å². The van der Waals surface area contributed by atoms with Gasteiger partial charge in [0.15, 0.2) is 0 Å². The van der Waals surface area contributed by atoms with Crippen LogP contribution in [-0.4, -0.2) is 0 Å². The topological polar surface area (TPSA) is 64.3 Å². The Hall–Kier alpha value is -2.11. The van der Waals surface area contributed by atoms with E-state index in [0.29, 0.717) is 16.7 Å². The van der Waals surface area contributed by atoms with Gasteiger partial charge in [0.05, 0.1) is 6.26 Å². The van der Waals surface area contributed by atoms with Gasteiger partial charge >= 0.3 is 0 Å². The van der Waals surface area contributed by atoms with Crippen LogP contribution in [0.15, 0.2) is 45.4 Å². The molecule has 98 valence electrons. The summed E-state index contributed by atoms with van der Waals surface area (Å²) in [6.07, 6.45) is 1.59. The monoisotopic (exact) mass is 260 g/mol. The third-order valence-electron chi connectivity index (χ3n) is 3.16. The zero-order valence-electron chi connectivity index (χ0n) is 10.3. The van der Waals surface area contributed by atoms with E-state index in [1.54, 1.807) is 18.4 Å². The fraction of sp³-hybridized carbons (Fsp3) is 0.143. The molecule has 0 saturated heterocycles. The summed E-state index contributed by atoms with van der Waals surface area (Å²) >= 11 is 0. The molecule has 0 amide bonds. The highest BCUT2D eigenvalue weighted by atomic mass is 19.1. The van der Waals surface area contributed by atoms with Gasteiger partial charge in [-0.15, -0.1) is 0 Å². The molecular weight excluding hydrogens is 247 g/mol. The Morgan fingerprint density at radius 2 is 2.11 bits per heavy atom. The Bertz CT molecular complexity index is 717. The number of fused-ring (bicyclic) bond motifs is 1. The van der Waals surface area contributed by atoms with Crippen LogP contribution in [0.2, 0.25) is 0 Å². The maximum Gasteiger partial charge on any atom is 0.134 e. The lowest BCUT2D eigenvalue weighted by molar-refractivity contribution is 0.465. The molecule has 4 nitrogen and oxygen atoms in total. The molecule has 1 atom stereocenters. The average Bonchev–Trinajstić information content (AvgIpc) is 2.97. The largest absolute Gasteiger partial charge is 0.469 e. The van der Waals surface area contributed by atoms with Crippen LogP contribution in [0.5, 0.6) is 0 Å². The summed E-state index contributed by atoms with van der Waals surface area (Å²) in [5.41, 5.74) is 4.20. The first kappa shape index (κ1) is 12.0. The number of rotatable bonds is 3. The van der Waals surface area contributed by atoms with Crippen molar-refractivity contribution in [1.82, 2.24) is 5.43 Å². The van der Waals surface area contributed by atoms with Gasteiger partial charge in [-0.05, 0) is 37.3 Å². The lowest BCUT2D eigenvalue weighted by Crippen LogP contribution is -2.28. The number of nitrogens with one attached hydrogen (secondary N) is 1. The highest BCUT2D eigenvalue weighted by Crippen LogP contribution is 2.30. The van der Waals surface area contributed by atoms with Gasteiger partial charge in [-0.3, -0.25) is 5.84 Å². The Kier molecular flexibility index (Phi) is 2.85. The molecule has 5 heteroatoms. The van der Waals surface area contributed by atoms with E-state index >= 15 is 0 Å². The normalized spacial score (nSPS) is 13.0. The van der Waals surface area contributed by atoms with Gasteiger partial charge < -0.3 is 8.83 Å². The quantitative estimate of drug-likeness (QED) is 0.561. The first-order valence-electron chi connectivity index (χ1n) is 5.88. The third-order valence-corrected chi connectivity index (χ3v) is 3.16. The Labute approximate surface area is 109 Å². The first-order valence-corrected chi connectivity index (χ1v) is 5.88. The number of hydrazine groups is 1. The number of furan rings is 2. The van der Waals surface area contributed by atoms with Crippen LogP contribution in [0.25, 0.3) is 11.0 Å². The molecule has 0 saturated carbocycles. The fourth-order valence-corrected chi connectivity index (χ4v) is 2.20. The molecule has 1 aromatic carbocycles. The summed E-state index contributed by atoms with van der Waals surface area (Å²) in [6, 6.07) is 7.67. The van der Waals surface area contributed by atoms with E-state index in [1.165, 1.54) is 12.1 Å². The van der Waals surface area contributed by atoms with Gasteiger partial charge in [0.1, 0.15) is 29.0 Å². The smallest absolute Gasteiger partial charge is 0.134 e. The molecule has 0 bridgehead atoms. The number of hydrogen-bond donors (Lipinski definition) is 2. The Balaban J connectivity index is 2.09. The van der Waals surface area contributed by atoms with Crippen LogP contribution in [0.4, 0.5) is 4.39 Å². The summed E-state index contributed by atoms with van der Waals surface area (Å²) in [5.74, 6) is 6.67. The van der Waals surface area contributed by atoms with Crippen LogP contribution >= 0.6 is 0 Å². The molecule has 0 fully saturated rings. The third kappa shape index (κ3) is 2.03. The van der Waals surface area contributed by atoms with Gasteiger partial charge in [0, 0.05) is 10.9 Å². The molecule has 0 aliphatic heterocycles. The van der Waals surface area contributed by atoms with E-state index in [0.717, 1.165) is 11.3 Å². The Morgan fingerprint density at radius 1 is 1.26 bits per heavy atom. The van der Waals surface area contributed by atoms with Gasteiger partial charge in [0.2, 0.25) is 0 Å². The standard InChI is InChI=1S/C14H13FN2O2/c1-8-11(4-5-18-8)14(17-16)13-7-9-6-10(15)2-3-12(9)19-13/h2-7,14,17H,16H2,1H3. The van der Waals surface area contributed by atoms with Crippen LogP contribution in [0.3, 0.4) is 0 Å². The fourth-order valence-electron chi connectivity index (χ4n) is 2.20. The number of nitrogens with two attached hydrogens (primary N) is 1. The van der Waals surface area contributed by atoms with Crippen molar-refractivity contribution in [3.05, 3.63) is 59.5 Å². The molecular formula is C14H13FN2O2. The summed E-state index contributed by atoms with van der Waals surface area (Å²) in [7, 11) is 0. The molecule has 2 aromatic heterocycles. The lowest BCUT2D eigenvalue weighted by Gasteiger charge is -2.11. The minimum Gasteiger partial charge on any atom is -0.469 e. The minimum atomic E-state index is -0.325. The highest BCUT2D eigenvalue weighted by Gasteiger charge is 2.20. The van der Waals surface area contributed by atoms with Gasteiger partial charge in [0.25, 0.3) is 0 Å². The van der Waals surface area contributed by atoms with Crippen molar-refractivity contribution in [3.63, 3.8) is 0 Å². The van der Waals surface area contributed by atoms with Crippen molar-refractivity contribution in [2.45, 2.75) is 13.0 Å². The summed E-state index contributed by atoms with van der Waals surface area (Å²) in [5, 5.41) is 0.705. The number of benzene rings is 1. The molecule has 3 rings (SSSR count). The minimum absolute atomic E-state index is 0.295. The molecule has 0 radical (unpaired) electrons. The van der Waals surface area contributed by atoms with Gasteiger partial charge in [-0.2, -0.15) is 0 Å². The molecule has 0 aliphatic rings. The molecule has 2 heterocycles. The van der Waals surface area contributed by atoms with Crippen LogP contribution in [-0.2, 0) is 0 Å². The summed E-state index contributed by atoms with van der Waals surface area (Å²) in [6.45, 7) is 1.85. The van der Waals surface area contributed by atoms with E-state index < -0.39 is 0 Å². The number of aryl methyl sites for hydroxylation is 1. The van der Waals surface area contributed by atoms with Gasteiger partial charge in [-0.1, -0.05) is 0 Å². The lowest BCUT2D eigenvalue weighted by atomic mass is 10.1. The molecule has 0 spiro atoms. The maximum atomic E-state index is 13.2. The van der Waals surface area contributed by atoms with E-state index in [9.17, 15) is 4.39 Å².